The van der Waals surface area contributed by atoms with Gasteiger partial charge < -0.3 is 10.1 Å². The molecule has 0 aromatic heterocycles. The van der Waals surface area contributed by atoms with Crippen molar-refractivity contribution in [2.24, 2.45) is 0 Å². The van der Waals surface area contributed by atoms with Crippen molar-refractivity contribution in [2.75, 3.05) is 23.7 Å². The number of carbonyl (C=O) groups is 1. The number of rotatable bonds is 10. The number of carbonyl (C=O) groups excluding carboxylic acids is 1. The van der Waals surface area contributed by atoms with E-state index in [0.717, 1.165) is 35.8 Å². The summed E-state index contributed by atoms with van der Waals surface area (Å²) in [5.74, 6) is 0.893. The fourth-order valence-electron chi connectivity index (χ4n) is 4.65. The van der Waals surface area contributed by atoms with Crippen LogP contribution in [0.2, 0.25) is 0 Å². The lowest BCUT2D eigenvalue weighted by atomic mass is 10.1. The highest BCUT2D eigenvalue weighted by atomic mass is 32.2. The first-order valence-corrected chi connectivity index (χ1v) is 14.5. The van der Waals surface area contributed by atoms with Gasteiger partial charge in [0.1, 0.15) is 17.5 Å². The predicted octanol–water partition coefficient (Wildman–Crippen LogP) is 4.94. The van der Waals surface area contributed by atoms with Crippen LogP contribution in [0.5, 0.6) is 11.5 Å². The Hall–Kier alpha value is -3.36. The summed E-state index contributed by atoms with van der Waals surface area (Å²) < 4.78 is 32.3. The third-order valence-electron chi connectivity index (χ3n) is 6.47. The van der Waals surface area contributed by atoms with Crippen LogP contribution in [0.15, 0.2) is 78.9 Å². The van der Waals surface area contributed by atoms with Crippen molar-refractivity contribution in [1.29, 1.82) is 0 Å². The molecule has 1 saturated heterocycles. The van der Waals surface area contributed by atoms with E-state index in [9.17, 15) is 13.2 Å². The number of hydrogen-bond acceptors (Lipinski definition) is 5. The van der Waals surface area contributed by atoms with Crippen molar-refractivity contribution in [1.82, 2.24) is 10.2 Å². The highest BCUT2D eigenvalue weighted by Gasteiger charge is 2.29. The second kappa shape index (κ2) is 12.3. The maximum atomic E-state index is 13.0. The lowest BCUT2D eigenvalue weighted by molar-refractivity contribution is -0.122. The van der Waals surface area contributed by atoms with Gasteiger partial charge in [0.05, 0.1) is 11.9 Å². The van der Waals surface area contributed by atoms with E-state index in [1.807, 2.05) is 42.5 Å². The maximum absolute atomic E-state index is 13.0. The zero-order valence-electron chi connectivity index (χ0n) is 21.5. The molecule has 0 aliphatic carbocycles. The number of hydrogen-bond donors (Lipinski definition) is 1. The second-order valence-corrected chi connectivity index (χ2v) is 11.4. The van der Waals surface area contributed by atoms with Crippen molar-refractivity contribution in [2.45, 2.75) is 45.3 Å². The number of nitrogens with one attached hydrogen (secondary N) is 1. The van der Waals surface area contributed by atoms with Crippen LogP contribution < -0.4 is 14.4 Å². The molecule has 1 heterocycles. The normalized spacial score (nSPS) is 15.1. The average Bonchev–Trinajstić information content (AvgIpc) is 2.89. The van der Waals surface area contributed by atoms with Gasteiger partial charge in [0.25, 0.3) is 0 Å². The SMILES string of the molecule is C[C@@H](C(=O)NCc1cccc(CN2CCCCC2)c1)N(c1ccc(Oc2ccccc2)cc1)S(C)(=O)=O. The highest BCUT2D eigenvalue weighted by molar-refractivity contribution is 7.92. The number of benzene rings is 3. The molecule has 1 fully saturated rings. The number of sulfonamides is 1. The largest absolute Gasteiger partial charge is 0.457 e. The fourth-order valence-corrected chi connectivity index (χ4v) is 5.82. The molecule has 1 aliphatic rings. The molecule has 1 amide bonds. The van der Waals surface area contributed by atoms with Gasteiger partial charge >= 0.3 is 0 Å². The van der Waals surface area contributed by atoms with Gasteiger partial charge in [0.2, 0.25) is 15.9 Å². The Kier molecular flexibility index (Phi) is 8.84. The van der Waals surface area contributed by atoms with Crippen molar-refractivity contribution in [3.63, 3.8) is 0 Å². The Bertz CT molecular complexity index is 1270. The molecule has 0 spiro atoms. The molecule has 4 rings (SSSR count). The van der Waals surface area contributed by atoms with Gasteiger partial charge in [0, 0.05) is 13.1 Å². The molecule has 8 heteroatoms. The standard InChI is InChI=1S/C29H35N3O4S/c1-23(29(33)30-21-24-10-9-11-25(20-24)22-31-18-7-4-8-19-31)32(37(2,34)35)26-14-16-28(17-15-26)36-27-12-5-3-6-13-27/h3,5-6,9-17,20,23H,4,7-8,18-19,21-22H2,1-2H3,(H,30,33)/t23-/m0/s1. The van der Waals surface area contributed by atoms with E-state index in [-0.39, 0.29) is 5.91 Å². The van der Waals surface area contributed by atoms with Crippen molar-refractivity contribution in [3.8, 4) is 11.5 Å². The Balaban J connectivity index is 1.40. The minimum atomic E-state index is -3.71. The summed E-state index contributed by atoms with van der Waals surface area (Å²) >= 11 is 0. The number of amides is 1. The minimum absolute atomic E-state index is 0.332. The maximum Gasteiger partial charge on any atom is 0.243 e. The number of ether oxygens (including phenoxy) is 1. The molecule has 3 aromatic rings. The van der Waals surface area contributed by atoms with Crippen LogP contribution >= 0.6 is 0 Å². The van der Waals surface area contributed by atoms with Gasteiger partial charge in [-0.2, -0.15) is 0 Å². The fraction of sp³-hybridized carbons (Fsp3) is 0.345. The lowest BCUT2D eigenvalue weighted by Gasteiger charge is -2.28. The van der Waals surface area contributed by atoms with Crippen molar-refractivity contribution >= 4 is 21.6 Å². The van der Waals surface area contributed by atoms with Gasteiger partial charge in [-0.1, -0.05) is 48.9 Å². The predicted molar refractivity (Wildman–Crippen MR) is 147 cm³/mol. The lowest BCUT2D eigenvalue weighted by Crippen LogP contribution is -2.47. The molecular weight excluding hydrogens is 486 g/mol. The van der Waals surface area contributed by atoms with Gasteiger partial charge in [-0.3, -0.25) is 14.0 Å². The topological polar surface area (TPSA) is 79.0 Å². The molecular formula is C29H35N3O4S. The number of anilines is 1. The Morgan fingerprint density at radius 1 is 0.919 bits per heavy atom. The van der Waals surface area contributed by atoms with Gasteiger partial charge in [-0.25, -0.2) is 8.42 Å². The number of para-hydroxylation sites is 1. The molecule has 37 heavy (non-hydrogen) atoms. The molecule has 0 saturated carbocycles. The van der Waals surface area contributed by atoms with E-state index in [1.54, 1.807) is 31.2 Å². The first-order chi connectivity index (χ1) is 17.8. The van der Waals surface area contributed by atoms with Crippen LogP contribution in [0.3, 0.4) is 0 Å². The summed E-state index contributed by atoms with van der Waals surface area (Å²) in [5, 5.41) is 2.91. The Labute approximate surface area is 220 Å². The van der Waals surface area contributed by atoms with E-state index in [4.69, 9.17) is 4.74 Å². The molecule has 7 nitrogen and oxygen atoms in total. The van der Waals surface area contributed by atoms with Crippen LogP contribution in [0.4, 0.5) is 5.69 Å². The summed E-state index contributed by atoms with van der Waals surface area (Å²) in [7, 11) is -3.71. The molecule has 1 aliphatic heterocycles. The summed E-state index contributed by atoms with van der Waals surface area (Å²) in [6.07, 6.45) is 4.90. The number of piperidine rings is 1. The van der Waals surface area contributed by atoms with Crippen LogP contribution in [-0.4, -0.2) is 44.6 Å². The number of nitrogens with zero attached hydrogens (tertiary/aromatic N) is 2. The molecule has 3 aromatic carbocycles. The summed E-state index contributed by atoms with van der Waals surface area (Å²) in [5.41, 5.74) is 2.61. The van der Waals surface area contributed by atoms with E-state index < -0.39 is 16.1 Å². The van der Waals surface area contributed by atoms with E-state index in [2.05, 4.69) is 22.3 Å². The quantitative estimate of drug-likeness (QED) is 0.409. The van der Waals surface area contributed by atoms with E-state index in [0.29, 0.717) is 23.7 Å². The van der Waals surface area contributed by atoms with Crippen LogP contribution in [-0.2, 0) is 27.9 Å². The molecule has 0 bridgehead atoms. The molecule has 1 atom stereocenters. The van der Waals surface area contributed by atoms with Crippen LogP contribution in [0.1, 0.15) is 37.3 Å². The first kappa shape index (κ1) is 26.7. The number of likely N-dealkylation sites (tertiary alicyclic amines) is 1. The monoisotopic (exact) mass is 521 g/mol. The molecule has 0 radical (unpaired) electrons. The third-order valence-corrected chi connectivity index (χ3v) is 7.71. The Morgan fingerprint density at radius 2 is 1.57 bits per heavy atom. The summed E-state index contributed by atoms with van der Waals surface area (Å²) in [4.78, 5) is 15.5. The van der Waals surface area contributed by atoms with Crippen molar-refractivity contribution in [3.05, 3.63) is 90.0 Å². The van der Waals surface area contributed by atoms with Crippen LogP contribution in [0.25, 0.3) is 0 Å². The summed E-state index contributed by atoms with van der Waals surface area (Å²) in [6.45, 7) is 5.08. The zero-order valence-corrected chi connectivity index (χ0v) is 22.3. The smallest absolute Gasteiger partial charge is 0.243 e. The second-order valence-electron chi connectivity index (χ2n) is 9.52. The molecule has 1 N–H and O–H groups in total. The van der Waals surface area contributed by atoms with E-state index in [1.165, 1.54) is 24.8 Å². The third kappa shape index (κ3) is 7.57. The zero-order chi connectivity index (χ0) is 26.3. The van der Waals surface area contributed by atoms with Crippen molar-refractivity contribution < 1.29 is 17.9 Å². The Morgan fingerprint density at radius 3 is 2.24 bits per heavy atom. The van der Waals surface area contributed by atoms with Gasteiger partial charge in [-0.15, -0.1) is 0 Å². The molecule has 0 unspecified atom stereocenters. The highest BCUT2D eigenvalue weighted by Crippen LogP contribution is 2.27. The van der Waals surface area contributed by atoms with Gasteiger partial charge in [-0.05, 0) is 80.4 Å². The average molecular weight is 522 g/mol. The van der Waals surface area contributed by atoms with Crippen LogP contribution in [0, 0.1) is 0 Å². The minimum Gasteiger partial charge on any atom is -0.457 e. The molecule has 196 valence electrons. The van der Waals surface area contributed by atoms with E-state index >= 15 is 0 Å². The summed E-state index contributed by atoms with van der Waals surface area (Å²) in [6, 6.07) is 23.3. The van der Waals surface area contributed by atoms with Gasteiger partial charge in [0.15, 0.2) is 0 Å². The first-order valence-electron chi connectivity index (χ1n) is 12.7.